The van der Waals surface area contributed by atoms with E-state index >= 15 is 0 Å². The van der Waals surface area contributed by atoms with Gasteiger partial charge in [0.2, 0.25) is 5.91 Å². The second-order valence-corrected chi connectivity index (χ2v) is 5.73. The zero-order chi connectivity index (χ0) is 17.4. The Morgan fingerprint density at radius 1 is 1.00 bits per heavy atom. The minimum Gasteiger partial charge on any atom is -0.480 e. The van der Waals surface area contributed by atoms with E-state index in [9.17, 15) is 9.59 Å². The molecule has 1 amide bonds. The van der Waals surface area contributed by atoms with Crippen LogP contribution in [0.2, 0.25) is 0 Å². The Morgan fingerprint density at radius 2 is 1.67 bits per heavy atom. The lowest BCUT2D eigenvalue weighted by Crippen LogP contribution is -2.38. The number of hydrogen-bond donors (Lipinski definition) is 2. The molecule has 2 aromatic carbocycles. The van der Waals surface area contributed by atoms with Gasteiger partial charge in [0, 0.05) is 13.1 Å². The van der Waals surface area contributed by atoms with Crippen molar-refractivity contribution in [2.75, 3.05) is 13.1 Å². The van der Waals surface area contributed by atoms with E-state index in [4.69, 9.17) is 5.11 Å². The summed E-state index contributed by atoms with van der Waals surface area (Å²) in [5, 5.41) is 11.1. The number of carboxylic acids is 1. The first-order valence-corrected chi connectivity index (χ1v) is 7.84. The Bertz CT molecular complexity index is 686. The van der Waals surface area contributed by atoms with Crippen LogP contribution in [0.1, 0.15) is 16.7 Å². The van der Waals surface area contributed by atoms with Crippen LogP contribution in [0.25, 0.3) is 0 Å². The quantitative estimate of drug-likeness (QED) is 0.780. The van der Waals surface area contributed by atoms with Gasteiger partial charge in [-0.25, -0.2) is 0 Å². The SMILES string of the molecule is Cc1ccccc1CN(CC(=O)NCC(=O)O)Cc1ccccc1. The molecular formula is C19H22N2O3. The summed E-state index contributed by atoms with van der Waals surface area (Å²) < 4.78 is 0. The van der Waals surface area contributed by atoms with E-state index in [1.165, 1.54) is 5.56 Å². The molecule has 0 fully saturated rings. The van der Waals surface area contributed by atoms with Crippen LogP contribution in [-0.4, -0.2) is 35.0 Å². The molecule has 0 bridgehead atoms. The maximum absolute atomic E-state index is 12.0. The van der Waals surface area contributed by atoms with Crippen molar-refractivity contribution in [1.29, 1.82) is 0 Å². The van der Waals surface area contributed by atoms with Crippen LogP contribution in [0.15, 0.2) is 54.6 Å². The number of amides is 1. The highest BCUT2D eigenvalue weighted by Gasteiger charge is 2.13. The van der Waals surface area contributed by atoms with Crippen molar-refractivity contribution in [1.82, 2.24) is 10.2 Å². The highest BCUT2D eigenvalue weighted by atomic mass is 16.4. The number of aryl methyl sites for hydroxylation is 1. The van der Waals surface area contributed by atoms with Gasteiger partial charge in [-0.3, -0.25) is 14.5 Å². The number of aliphatic carboxylic acids is 1. The molecule has 24 heavy (non-hydrogen) atoms. The van der Waals surface area contributed by atoms with Crippen LogP contribution in [0, 0.1) is 6.92 Å². The average Bonchev–Trinajstić information content (AvgIpc) is 2.56. The molecule has 2 rings (SSSR count). The fourth-order valence-corrected chi connectivity index (χ4v) is 2.47. The van der Waals surface area contributed by atoms with Crippen molar-refractivity contribution < 1.29 is 14.7 Å². The fourth-order valence-electron chi connectivity index (χ4n) is 2.47. The van der Waals surface area contributed by atoms with Crippen molar-refractivity contribution in [3.05, 3.63) is 71.3 Å². The Labute approximate surface area is 141 Å². The number of hydrogen-bond acceptors (Lipinski definition) is 3. The normalized spacial score (nSPS) is 10.6. The lowest BCUT2D eigenvalue weighted by Gasteiger charge is -2.23. The second kappa shape index (κ2) is 8.84. The number of carboxylic acid groups (broad SMARTS) is 1. The molecule has 2 aromatic rings. The maximum atomic E-state index is 12.0. The van der Waals surface area contributed by atoms with Crippen LogP contribution in [-0.2, 0) is 22.7 Å². The number of rotatable bonds is 8. The third-order valence-corrected chi connectivity index (χ3v) is 3.71. The summed E-state index contributed by atoms with van der Waals surface area (Å²) in [5.74, 6) is -1.33. The molecule has 2 N–H and O–H groups in total. The standard InChI is InChI=1S/C19H22N2O3/c1-15-7-5-6-10-17(15)13-21(12-16-8-3-2-4-9-16)14-18(22)20-11-19(23)24/h2-10H,11-14H2,1H3,(H,20,22)(H,23,24). The molecule has 0 aromatic heterocycles. The first kappa shape index (κ1) is 17.7. The summed E-state index contributed by atoms with van der Waals surface area (Å²) in [6.07, 6.45) is 0. The minimum absolute atomic E-state index is 0.149. The third-order valence-electron chi connectivity index (χ3n) is 3.71. The predicted molar refractivity (Wildman–Crippen MR) is 92.4 cm³/mol. The summed E-state index contributed by atoms with van der Waals surface area (Å²) in [6.45, 7) is 3.08. The van der Waals surface area contributed by atoms with E-state index in [2.05, 4.69) is 5.32 Å². The summed E-state index contributed by atoms with van der Waals surface area (Å²) in [6, 6.07) is 18.0. The first-order valence-electron chi connectivity index (χ1n) is 7.84. The van der Waals surface area contributed by atoms with Crippen molar-refractivity contribution in [3.63, 3.8) is 0 Å². The molecule has 0 radical (unpaired) electrons. The monoisotopic (exact) mass is 326 g/mol. The molecular weight excluding hydrogens is 304 g/mol. The van der Waals surface area contributed by atoms with Gasteiger partial charge in [-0.15, -0.1) is 0 Å². The molecule has 0 heterocycles. The highest BCUT2D eigenvalue weighted by Crippen LogP contribution is 2.13. The number of nitrogens with one attached hydrogen (secondary N) is 1. The topological polar surface area (TPSA) is 69.6 Å². The summed E-state index contributed by atoms with van der Waals surface area (Å²) in [7, 11) is 0. The van der Waals surface area contributed by atoms with E-state index < -0.39 is 5.97 Å². The number of nitrogens with zero attached hydrogens (tertiary/aromatic N) is 1. The number of carbonyl (C=O) groups excluding carboxylic acids is 1. The van der Waals surface area contributed by atoms with E-state index in [0.717, 1.165) is 11.1 Å². The van der Waals surface area contributed by atoms with Crippen LogP contribution >= 0.6 is 0 Å². The van der Waals surface area contributed by atoms with Gasteiger partial charge in [0.1, 0.15) is 6.54 Å². The van der Waals surface area contributed by atoms with Gasteiger partial charge in [-0.1, -0.05) is 54.6 Å². The van der Waals surface area contributed by atoms with Gasteiger partial charge >= 0.3 is 5.97 Å². The largest absolute Gasteiger partial charge is 0.480 e. The van der Waals surface area contributed by atoms with Crippen LogP contribution in [0.4, 0.5) is 0 Å². The molecule has 0 saturated carbocycles. The molecule has 5 nitrogen and oxygen atoms in total. The molecule has 5 heteroatoms. The van der Waals surface area contributed by atoms with Gasteiger partial charge < -0.3 is 10.4 Å². The molecule has 0 unspecified atom stereocenters. The van der Waals surface area contributed by atoms with Gasteiger partial charge in [-0.2, -0.15) is 0 Å². The van der Waals surface area contributed by atoms with Crippen molar-refractivity contribution in [3.8, 4) is 0 Å². The molecule has 0 aliphatic heterocycles. The van der Waals surface area contributed by atoms with E-state index in [1.54, 1.807) is 0 Å². The van der Waals surface area contributed by atoms with E-state index in [1.807, 2.05) is 66.4 Å². The van der Waals surface area contributed by atoms with Gasteiger partial charge in [0.15, 0.2) is 0 Å². The zero-order valence-corrected chi connectivity index (χ0v) is 13.7. The number of benzene rings is 2. The highest BCUT2D eigenvalue weighted by molar-refractivity contribution is 5.82. The Balaban J connectivity index is 2.07. The lowest BCUT2D eigenvalue weighted by molar-refractivity contribution is -0.138. The van der Waals surface area contributed by atoms with Crippen molar-refractivity contribution in [2.24, 2.45) is 0 Å². The second-order valence-electron chi connectivity index (χ2n) is 5.73. The van der Waals surface area contributed by atoms with Gasteiger partial charge in [0.25, 0.3) is 0 Å². The summed E-state index contributed by atoms with van der Waals surface area (Å²) in [5.41, 5.74) is 3.43. The smallest absolute Gasteiger partial charge is 0.322 e. The zero-order valence-electron chi connectivity index (χ0n) is 13.7. The molecule has 0 saturated heterocycles. The first-order chi connectivity index (χ1) is 11.5. The average molecular weight is 326 g/mol. The summed E-state index contributed by atoms with van der Waals surface area (Å²) in [4.78, 5) is 24.6. The van der Waals surface area contributed by atoms with Crippen LogP contribution < -0.4 is 5.32 Å². The van der Waals surface area contributed by atoms with Crippen molar-refractivity contribution in [2.45, 2.75) is 20.0 Å². The predicted octanol–water partition coefficient (Wildman–Crippen LogP) is 2.20. The number of carbonyl (C=O) groups is 2. The van der Waals surface area contributed by atoms with E-state index in [0.29, 0.717) is 13.1 Å². The molecule has 0 atom stereocenters. The third kappa shape index (κ3) is 5.85. The maximum Gasteiger partial charge on any atom is 0.322 e. The Kier molecular flexibility index (Phi) is 6.51. The minimum atomic E-state index is -1.04. The molecule has 0 aliphatic rings. The molecule has 0 spiro atoms. The molecule has 0 aliphatic carbocycles. The van der Waals surface area contributed by atoms with Crippen molar-refractivity contribution >= 4 is 11.9 Å². The summed E-state index contributed by atoms with van der Waals surface area (Å²) >= 11 is 0. The van der Waals surface area contributed by atoms with Crippen LogP contribution in [0.3, 0.4) is 0 Å². The Hall–Kier alpha value is -2.66. The van der Waals surface area contributed by atoms with E-state index in [-0.39, 0.29) is 19.0 Å². The fraction of sp³-hybridized carbons (Fsp3) is 0.263. The van der Waals surface area contributed by atoms with Crippen LogP contribution in [0.5, 0.6) is 0 Å². The molecule has 126 valence electrons. The van der Waals surface area contributed by atoms with Gasteiger partial charge in [-0.05, 0) is 23.6 Å². The van der Waals surface area contributed by atoms with Gasteiger partial charge in [0.05, 0.1) is 6.54 Å². The Morgan fingerprint density at radius 3 is 2.33 bits per heavy atom. The lowest BCUT2D eigenvalue weighted by atomic mass is 10.1.